The Kier molecular flexibility index (Phi) is 7.00. The summed E-state index contributed by atoms with van der Waals surface area (Å²) in [6.45, 7) is 8.61. The van der Waals surface area contributed by atoms with Crippen LogP contribution < -0.4 is 10.1 Å². The number of piperazine rings is 1. The minimum absolute atomic E-state index is 0.0997. The number of nitrogens with one attached hydrogen (secondary N) is 1. The molecule has 0 spiro atoms. The third-order valence-corrected chi connectivity index (χ3v) is 5.01. The first-order valence-electron chi connectivity index (χ1n) is 9.78. The first kappa shape index (κ1) is 20.3. The van der Waals surface area contributed by atoms with Crippen LogP contribution in [-0.4, -0.2) is 71.7 Å². The van der Waals surface area contributed by atoms with Crippen molar-refractivity contribution in [3.8, 4) is 17.1 Å². The summed E-state index contributed by atoms with van der Waals surface area (Å²) in [5.41, 5.74) is 0.867. The molecule has 1 aliphatic rings. The predicted molar refractivity (Wildman–Crippen MR) is 106 cm³/mol. The lowest BCUT2D eigenvalue weighted by Gasteiger charge is -2.33. The van der Waals surface area contributed by atoms with Crippen LogP contribution >= 0.6 is 0 Å². The number of benzene rings is 1. The Morgan fingerprint density at radius 2 is 2.04 bits per heavy atom. The molecule has 1 fully saturated rings. The smallest absolute Gasteiger partial charge is 0.241 e. The van der Waals surface area contributed by atoms with Gasteiger partial charge in [0, 0.05) is 37.8 Å². The van der Waals surface area contributed by atoms with Crippen molar-refractivity contribution in [3.05, 3.63) is 30.2 Å². The van der Waals surface area contributed by atoms with Gasteiger partial charge < -0.3 is 14.6 Å². The maximum Gasteiger partial charge on any atom is 0.241 e. The summed E-state index contributed by atoms with van der Waals surface area (Å²) in [6, 6.07) is 7.83. The summed E-state index contributed by atoms with van der Waals surface area (Å²) in [5, 5.41) is 7.10. The van der Waals surface area contributed by atoms with E-state index in [0.29, 0.717) is 24.8 Å². The predicted octanol–water partition coefficient (Wildman–Crippen LogP) is 1.78. The maximum atomic E-state index is 12.0. The largest absolute Gasteiger partial charge is 0.497 e. The second-order valence-electron chi connectivity index (χ2n) is 7.17. The molecule has 3 rings (SSSR count). The molecule has 1 atom stereocenters. The molecule has 1 aromatic carbocycles. The van der Waals surface area contributed by atoms with Crippen LogP contribution in [0.2, 0.25) is 0 Å². The molecule has 152 valence electrons. The highest BCUT2D eigenvalue weighted by atomic mass is 16.5. The van der Waals surface area contributed by atoms with Crippen LogP contribution in [0.1, 0.15) is 26.2 Å². The van der Waals surface area contributed by atoms with Gasteiger partial charge in [0.2, 0.25) is 17.6 Å². The van der Waals surface area contributed by atoms with Gasteiger partial charge in [0.25, 0.3) is 0 Å². The fourth-order valence-corrected chi connectivity index (χ4v) is 3.12. The van der Waals surface area contributed by atoms with E-state index < -0.39 is 0 Å². The number of hydrogen-bond acceptors (Lipinski definition) is 7. The average Bonchev–Trinajstić information content (AvgIpc) is 3.18. The molecule has 1 unspecified atom stereocenters. The molecule has 2 aromatic rings. The Morgan fingerprint density at radius 3 is 2.75 bits per heavy atom. The zero-order valence-electron chi connectivity index (χ0n) is 16.9. The molecule has 0 radical (unpaired) electrons. The van der Waals surface area contributed by atoms with Gasteiger partial charge in [-0.05, 0) is 25.5 Å². The number of rotatable bonds is 8. The second-order valence-corrected chi connectivity index (χ2v) is 7.17. The number of methoxy groups -OCH3 is 1. The van der Waals surface area contributed by atoms with E-state index >= 15 is 0 Å². The van der Waals surface area contributed by atoms with E-state index in [-0.39, 0.29) is 11.9 Å². The van der Waals surface area contributed by atoms with Crippen molar-refractivity contribution < 1.29 is 14.1 Å². The normalized spacial score (nSPS) is 16.7. The van der Waals surface area contributed by atoms with Crippen molar-refractivity contribution in [1.29, 1.82) is 0 Å². The third-order valence-electron chi connectivity index (χ3n) is 5.01. The Hall–Kier alpha value is -2.45. The molecule has 8 nitrogen and oxygen atoms in total. The van der Waals surface area contributed by atoms with Crippen molar-refractivity contribution in [2.45, 2.75) is 32.9 Å². The number of aromatic nitrogens is 2. The molecular weight excluding hydrogens is 358 g/mol. The zero-order valence-corrected chi connectivity index (χ0v) is 16.9. The van der Waals surface area contributed by atoms with Gasteiger partial charge in [-0.2, -0.15) is 4.98 Å². The maximum absolute atomic E-state index is 12.0. The Labute approximate surface area is 165 Å². The number of hydrogen-bond donors (Lipinski definition) is 1. The van der Waals surface area contributed by atoms with E-state index in [0.717, 1.165) is 43.9 Å². The monoisotopic (exact) mass is 387 g/mol. The lowest BCUT2D eigenvalue weighted by molar-refractivity contribution is -0.123. The van der Waals surface area contributed by atoms with E-state index in [1.165, 1.54) is 0 Å². The summed E-state index contributed by atoms with van der Waals surface area (Å²) in [4.78, 5) is 21.0. The third kappa shape index (κ3) is 5.53. The van der Waals surface area contributed by atoms with Crippen LogP contribution in [-0.2, 0) is 11.3 Å². The minimum Gasteiger partial charge on any atom is -0.497 e. The van der Waals surface area contributed by atoms with Gasteiger partial charge >= 0.3 is 0 Å². The summed E-state index contributed by atoms with van der Waals surface area (Å²) in [7, 11) is 1.63. The van der Waals surface area contributed by atoms with Crippen molar-refractivity contribution in [2.24, 2.45) is 0 Å². The Bertz CT molecular complexity index is 771. The van der Waals surface area contributed by atoms with Crippen LogP contribution in [0.3, 0.4) is 0 Å². The number of amides is 1. The van der Waals surface area contributed by atoms with Crippen LogP contribution in [0.15, 0.2) is 28.8 Å². The van der Waals surface area contributed by atoms with Gasteiger partial charge in [0.15, 0.2) is 0 Å². The van der Waals surface area contributed by atoms with Crippen LogP contribution in [0.5, 0.6) is 5.75 Å². The first-order chi connectivity index (χ1) is 13.6. The number of carbonyl (C=O) groups excluding carboxylic acids is 1. The number of carbonyl (C=O) groups is 1. The minimum atomic E-state index is 0.0997. The number of ether oxygens (including phenoxy) is 1. The average molecular weight is 387 g/mol. The Morgan fingerprint density at radius 1 is 1.29 bits per heavy atom. The molecule has 0 aliphatic carbocycles. The zero-order chi connectivity index (χ0) is 19.9. The summed E-state index contributed by atoms with van der Waals surface area (Å²) < 4.78 is 10.7. The van der Waals surface area contributed by atoms with E-state index in [1.807, 2.05) is 31.2 Å². The highest BCUT2D eigenvalue weighted by molar-refractivity contribution is 5.78. The van der Waals surface area contributed by atoms with Gasteiger partial charge in [-0.1, -0.05) is 24.2 Å². The molecule has 0 saturated carbocycles. The van der Waals surface area contributed by atoms with E-state index in [4.69, 9.17) is 9.26 Å². The number of nitrogens with zero attached hydrogens (tertiary/aromatic N) is 4. The highest BCUT2D eigenvalue weighted by Gasteiger charge is 2.21. The molecule has 2 heterocycles. The molecule has 28 heavy (non-hydrogen) atoms. The Balaban J connectivity index is 1.47. The fraction of sp³-hybridized carbons (Fsp3) is 0.550. The molecule has 1 aliphatic heterocycles. The van der Waals surface area contributed by atoms with E-state index in [9.17, 15) is 4.79 Å². The topological polar surface area (TPSA) is 83.7 Å². The lowest BCUT2D eigenvalue weighted by atomic mass is 10.2. The molecule has 1 N–H and O–H groups in total. The van der Waals surface area contributed by atoms with Crippen molar-refractivity contribution >= 4 is 5.91 Å². The van der Waals surface area contributed by atoms with Crippen molar-refractivity contribution in [3.63, 3.8) is 0 Å². The van der Waals surface area contributed by atoms with E-state index in [2.05, 4.69) is 32.2 Å². The van der Waals surface area contributed by atoms with Gasteiger partial charge in [-0.25, -0.2) is 0 Å². The lowest BCUT2D eigenvalue weighted by Crippen LogP contribution is -2.49. The molecule has 0 bridgehead atoms. The molecule has 8 heteroatoms. The summed E-state index contributed by atoms with van der Waals surface area (Å²) in [5.74, 6) is 2.02. The second kappa shape index (κ2) is 9.66. The van der Waals surface area contributed by atoms with Crippen LogP contribution in [0, 0.1) is 0 Å². The van der Waals surface area contributed by atoms with Crippen LogP contribution in [0.25, 0.3) is 11.4 Å². The van der Waals surface area contributed by atoms with Gasteiger partial charge in [0.05, 0.1) is 20.2 Å². The highest BCUT2D eigenvalue weighted by Crippen LogP contribution is 2.21. The van der Waals surface area contributed by atoms with E-state index in [1.54, 1.807) is 7.11 Å². The molecular formula is C20H29N5O3. The summed E-state index contributed by atoms with van der Waals surface area (Å²) in [6.07, 6.45) is 0.946. The first-order valence-corrected chi connectivity index (χ1v) is 9.78. The van der Waals surface area contributed by atoms with Crippen LogP contribution in [0.4, 0.5) is 0 Å². The van der Waals surface area contributed by atoms with Gasteiger partial charge in [-0.15, -0.1) is 0 Å². The summed E-state index contributed by atoms with van der Waals surface area (Å²) >= 11 is 0. The van der Waals surface area contributed by atoms with Gasteiger partial charge in [0.1, 0.15) is 5.75 Å². The van der Waals surface area contributed by atoms with Crippen molar-refractivity contribution in [2.75, 3.05) is 39.8 Å². The molecule has 1 aromatic heterocycles. The van der Waals surface area contributed by atoms with Gasteiger partial charge in [-0.3, -0.25) is 14.6 Å². The standard InChI is InChI=1S/C20H29N5O3/c1-4-15(2)21-18(26)13-24-8-10-25(11-9-24)14-19-22-20(23-28-19)16-6-5-7-17(12-16)27-3/h5-7,12,15H,4,8-11,13-14H2,1-3H3,(H,21,26). The molecule has 1 saturated heterocycles. The molecule has 1 amide bonds. The quantitative estimate of drug-likeness (QED) is 0.739. The van der Waals surface area contributed by atoms with Crippen molar-refractivity contribution in [1.82, 2.24) is 25.3 Å². The SMILES string of the molecule is CCC(C)NC(=O)CN1CCN(Cc2nc(-c3cccc(OC)c3)no2)CC1. The fourth-order valence-electron chi connectivity index (χ4n) is 3.12.